The van der Waals surface area contributed by atoms with E-state index in [0.29, 0.717) is 12.3 Å². The summed E-state index contributed by atoms with van der Waals surface area (Å²) in [6.45, 7) is 2.00. The highest BCUT2D eigenvalue weighted by atomic mass is 16.1. The van der Waals surface area contributed by atoms with Gasteiger partial charge in [0.2, 0.25) is 5.91 Å². The Morgan fingerprint density at radius 3 is 3.06 bits per heavy atom. The first-order chi connectivity index (χ1) is 8.72. The van der Waals surface area contributed by atoms with Crippen LogP contribution in [0.3, 0.4) is 0 Å². The summed E-state index contributed by atoms with van der Waals surface area (Å²) in [5, 5.41) is 9.76. The van der Waals surface area contributed by atoms with Crippen LogP contribution in [-0.4, -0.2) is 16.1 Å². The molecular formula is C14H21N3O. The molecule has 0 saturated heterocycles. The minimum absolute atomic E-state index is 0.0508. The van der Waals surface area contributed by atoms with Gasteiger partial charge < -0.3 is 5.32 Å². The lowest BCUT2D eigenvalue weighted by atomic mass is 9.86. The van der Waals surface area contributed by atoms with Crippen LogP contribution in [0.1, 0.15) is 50.6 Å². The van der Waals surface area contributed by atoms with Gasteiger partial charge in [0.05, 0.1) is 12.2 Å². The first-order valence-electron chi connectivity index (χ1n) is 7.00. The number of hydrogen-bond acceptors (Lipinski definition) is 2. The van der Waals surface area contributed by atoms with Crippen LogP contribution < -0.4 is 5.32 Å². The summed E-state index contributed by atoms with van der Waals surface area (Å²) in [6, 6.07) is 0.0508. The molecule has 1 heterocycles. The lowest BCUT2D eigenvalue weighted by molar-refractivity contribution is -0.123. The molecule has 0 aromatic carbocycles. The average Bonchev–Trinajstić information content (AvgIpc) is 3.06. The van der Waals surface area contributed by atoms with Crippen molar-refractivity contribution in [3.63, 3.8) is 0 Å². The maximum absolute atomic E-state index is 12.0. The number of hydrogen-bond donors (Lipinski definition) is 2. The normalized spacial score (nSPS) is 31.5. The van der Waals surface area contributed by atoms with Crippen LogP contribution in [-0.2, 0) is 4.79 Å². The first-order valence-corrected chi connectivity index (χ1v) is 7.00. The summed E-state index contributed by atoms with van der Waals surface area (Å²) in [4.78, 5) is 12.0. The van der Waals surface area contributed by atoms with Gasteiger partial charge in [-0.1, -0.05) is 6.42 Å². The number of carbonyl (C=O) groups excluding carboxylic acids is 1. The van der Waals surface area contributed by atoms with E-state index < -0.39 is 0 Å². The van der Waals surface area contributed by atoms with Gasteiger partial charge in [-0.3, -0.25) is 9.89 Å². The van der Waals surface area contributed by atoms with Crippen LogP contribution in [0.25, 0.3) is 0 Å². The lowest BCUT2D eigenvalue weighted by Gasteiger charge is -2.22. The van der Waals surface area contributed by atoms with Crippen molar-refractivity contribution in [2.45, 2.75) is 45.1 Å². The number of fused-ring (bicyclic) bond motifs is 2. The number of rotatable bonds is 4. The molecule has 2 bridgehead atoms. The van der Waals surface area contributed by atoms with Crippen LogP contribution in [0, 0.1) is 17.8 Å². The van der Waals surface area contributed by atoms with Gasteiger partial charge in [-0.25, -0.2) is 0 Å². The van der Waals surface area contributed by atoms with Crippen molar-refractivity contribution in [2.75, 3.05) is 0 Å². The van der Waals surface area contributed by atoms with Gasteiger partial charge in [-0.2, -0.15) is 5.10 Å². The molecule has 98 valence electrons. The Bertz CT molecular complexity index is 415. The largest absolute Gasteiger partial charge is 0.349 e. The minimum atomic E-state index is 0.0508. The predicted molar refractivity (Wildman–Crippen MR) is 68.7 cm³/mol. The quantitative estimate of drug-likeness (QED) is 0.858. The van der Waals surface area contributed by atoms with Crippen molar-refractivity contribution in [1.82, 2.24) is 15.5 Å². The second-order valence-corrected chi connectivity index (χ2v) is 5.96. The Kier molecular flexibility index (Phi) is 3.10. The molecule has 2 aliphatic rings. The maximum Gasteiger partial charge on any atom is 0.220 e. The molecule has 4 unspecified atom stereocenters. The molecule has 0 spiro atoms. The molecule has 1 amide bonds. The van der Waals surface area contributed by atoms with Crippen molar-refractivity contribution in [3.05, 3.63) is 18.0 Å². The van der Waals surface area contributed by atoms with E-state index in [0.717, 1.165) is 17.4 Å². The van der Waals surface area contributed by atoms with Crippen molar-refractivity contribution in [3.8, 4) is 0 Å². The fourth-order valence-corrected chi connectivity index (χ4v) is 3.75. The van der Waals surface area contributed by atoms with Gasteiger partial charge in [0.1, 0.15) is 0 Å². The molecule has 0 aliphatic heterocycles. The molecule has 4 nitrogen and oxygen atoms in total. The smallest absolute Gasteiger partial charge is 0.220 e. The Morgan fingerprint density at radius 2 is 2.44 bits per heavy atom. The summed E-state index contributed by atoms with van der Waals surface area (Å²) in [6.07, 6.45) is 9.70. The number of H-pyrrole nitrogens is 1. The van der Waals surface area contributed by atoms with E-state index in [2.05, 4.69) is 15.5 Å². The number of aromatic nitrogens is 2. The summed E-state index contributed by atoms with van der Waals surface area (Å²) in [5.41, 5.74) is 1.04. The highest BCUT2D eigenvalue weighted by molar-refractivity contribution is 5.76. The highest BCUT2D eigenvalue weighted by Crippen LogP contribution is 2.49. The molecule has 4 heteroatoms. The van der Waals surface area contributed by atoms with Crippen LogP contribution >= 0.6 is 0 Å². The lowest BCUT2D eigenvalue weighted by Crippen LogP contribution is -2.29. The monoisotopic (exact) mass is 247 g/mol. The van der Waals surface area contributed by atoms with Crippen LogP contribution in [0.5, 0.6) is 0 Å². The topological polar surface area (TPSA) is 57.8 Å². The molecule has 3 rings (SSSR count). The molecule has 4 atom stereocenters. The van der Waals surface area contributed by atoms with E-state index in [1.807, 2.05) is 13.1 Å². The van der Waals surface area contributed by atoms with Gasteiger partial charge in [0, 0.05) is 18.2 Å². The Morgan fingerprint density at radius 1 is 1.56 bits per heavy atom. The van der Waals surface area contributed by atoms with Crippen molar-refractivity contribution in [2.24, 2.45) is 17.8 Å². The van der Waals surface area contributed by atoms with E-state index >= 15 is 0 Å². The van der Waals surface area contributed by atoms with Crippen LogP contribution in [0.2, 0.25) is 0 Å². The fourth-order valence-electron chi connectivity index (χ4n) is 3.75. The van der Waals surface area contributed by atoms with Crippen molar-refractivity contribution < 1.29 is 4.79 Å². The maximum atomic E-state index is 12.0. The standard InChI is InChI=1S/C14H21N3O/c1-9(13-7-15-16-8-13)17-14(18)6-12-5-10-2-3-11(12)4-10/h7-12H,2-6H2,1H3,(H,15,16)(H,17,18). The van der Waals surface area contributed by atoms with E-state index in [1.165, 1.54) is 25.7 Å². The average molecular weight is 247 g/mol. The van der Waals surface area contributed by atoms with Gasteiger partial charge in [0.15, 0.2) is 0 Å². The number of nitrogens with one attached hydrogen (secondary N) is 2. The van der Waals surface area contributed by atoms with Gasteiger partial charge in [-0.15, -0.1) is 0 Å². The number of carbonyl (C=O) groups is 1. The van der Waals surface area contributed by atoms with E-state index in [-0.39, 0.29) is 11.9 Å². The molecule has 2 aliphatic carbocycles. The Hall–Kier alpha value is -1.32. The van der Waals surface area contributed by atoms with Gasteiger partial charge in [-0.05, 0) is 43.9 Å². The SMILES string of the molecule is CC(NC(=O)CC1CC2CCC1C2)c1cn[nH]c1. The second kappa shape index (κ2) is 4.75. The zero-order chi connectivity index (χ0) is 12.5. The van der Waals surface area contributed by atoms with Crippen LogP contribution in [0.4, 0.5) is 0 Å². The second-order valence-electron chi connectivity index (χ2n) is 5.96. The molecule has 1 aromatic heterocycles. The fraction of sp³-hybridized carbons (Fsp3) is 0.714. The van der Waals surface area contributed by atoms with Gasteiger partial charge >= 0.3 is 0 Å². The summed E-state index contributed by atoms with van der Waals surface area (Å²) in [7, 11) is 0. The first kappa shape index (κ1) is 11.8. The van der Waals surface area contributed by atoms with Gasteiger partial charge in [0.25, 0.3) is 0 Å². The molecule has 2 fully saturated rings. The zero-order valence-electron chi connectivity index (χ0n) is 10.9. The van der Waals surface area contributed by atoms with Crippen molar-refractivity contribution >= 4 is 5.91 Å². The summed E-state index contributed by atoms with van der Waals surface area (Å²) >= 11 is 0. The third-order valence-corrected chi connectivity index (χ3v) is 4.73. The van der Waals surface area contributed by atoms with E-state index in [9.17, 15) is 4.79 Å². The summed E-state index contributed by atoms with van der Waals surface area (Å²) in [5.74, 6) is 2.57. The third kappa shape index (κ3) is 2.28. The zero-order valence-corrected chi connectivity index (χ0v) is 10.9. The number of amides is 1. The molecule has 2 saturated carbocycles. The molecule has 2 N–H and O–H groups in total. The summed E-state index contributed by atoms with van der Waals surface area (Å²) < 4.78 is 0. The minimum Gasteiger partial charge on any atom is -0.349 e. The number of nitrogens with zero attached hydrogens (tertiary/aromatic N) is 1. The predicted octanol–water partition coefficient (Wildman–Crippen LogP) is 2.41. The third-order valence-electron chi connectivity index (χ3n) is 4.73. The highest BCUT2D eigenvalue weighted by Gasteiger charge is 2.40. The molecule has 18 heavy (non-hydrogen) atoms. The van der Waals surface area contributed by atoms with Crippen LogP contribution in [0.15, 0.2) is 12.4 Å². The molecular weight excluding hydrogens is 226 g/mol. The van der Waals surface area contributed by atoms with Crippen molar-refractivity contribution in [1.29, 1.82) is 0 Å². The molecule has 0 radical (unpaired) electrons. The van der Waals surface area contributed by atoms with E-state index in [4.69, 9.17) is 0 Å². The molecule has 1 aromatic rings. The number of aromatic amines is 1. The Labute approximate surface area is 108 Å². The van der Waals surface area contributed by atoms with E-state index in [1.54, 1.807) is 6.20 Å². The Balaban J connectivity index is 1.50.